The summed E-state index contributed by atoms with van der Waals surface area (Å²) in [6.45, 7) is -0.283. The molecular formula is C32H46FN5O5. The molecule has 236 valence electrons. The number of ether oxygens (including phenoxy) is 3. The average molecular weight is 600 g/mol. The maximum atomic E-state index is 14.0. The SMILES string of the molecule is C#C[C@@]12COC(=O)CCCCCCCCCCCCCCCCCCC(=O)O[C@H]1C[C@H](n1cnc3c(N)nc(F)nc31)O2. The number of aromatic nitrogens is 4. The lowest BCUT2D eigenvalue weighted by Gasteiger charge is -2.28. The Hall–Kier alpha value is -3.26. The van der Waals surface area contributed by atoms with Crippen LogP contribution in [0.5, 0.6) is 0 Å². The van der Waals surface area contributed by atoms with Gasteiger partial charge in [0, 0.05) is 19.3 Å². The Morgan fingerprint density at radius 3 is 1.95 bits per heavy atom. The first-order valence-corrected chi connectivity index (χ1v) is 16.1. The number of imidazole rings is 1. The summed E-state index contributed by atoms with van der Waals surface area (Å²) in [5.41, 5.74) is 4.63. The van der Waals surface area contributed by atoms with Crippen molar-refractivity contribution in [3.8, 4) is 12.3 Å². The van der Waals surface area contributed by atoms with Crippen molar-refractivity contribution in [1.82, 2.24) is 19.5 Å². The van der Waals surface area contributed by atoms with Gasteiger partial charge in [-0.2, -0.15) is 14.4 Å². The van der Waals surface area contributed by atoms with E-state index in [2.05, 4.69) is 20.9 Å². The highest BCUT2D eigenvalue weighted by molar-refractivity contribution is 5.81. The van der Waals surface area contributed by atoms with Crippen LogP contribution in [0.25, 0.3) is 11.2 Å². The van der Waals surface area contributed by atoms with Crippen molar-refractivity contribution < 1.29 is 28.2 Å². The molecule has 0 saturated carbocycles. The van der Waals surface area contributed by atoms with Crippen LogP contribution < -0.4 is 5.73 Å². The van der Waals surface area contributed by atoms with E-state index in [0.717, 1.165) is 38.5 Å². The second-order valence-corrected chi connectivity index (χ2v) is 11.8. The molecule has 0 bridgehead atoms. The van der Waals surface area contributed by atoms with Crippen LogP contribution in [-0.2, 0) is 23.8 Å². The number of hydrogen-bond acceptors (Lipinski definition) is 9. The second-order valence-electron chi connectivity index (χ2n) is 11.8. The molecule has 2 saturated heterocycles. The molecule has 2 aromatic rings. The Balaban J connectivity index is 1.44. The summed E-state index contributed by atoms with van der Waals surface area (Å²) >= 11 is 0. The van der Waals surface area contributed by atoms with E-state index >= 15 is 0 Å². The van der Waals surface area contributed by atoms with Crippen LogP contribution in [0.1, 0.15) is 128 Å². The number of nitrogens with zero attached hydrogens (tertiary/aromatic N) is 4. The molecule has 2 aliphatic rings. The maximum Gasteiger partial charge on any atom is 0.312 e. The third-order valence-corrected chi connectivity index (χ3v) is 8.49. The van der Waals surface area contributed by atoms with Gasteiger partial charge in [-0.1, -0.05) is 95.8 Å². The zero-order valence-electron chi connectivity index (χ0n) is 25.2. The van der Waals surface area contributed by atoms with E-state index in [-0.39, 0.29) is 54.8 Å². The number of fused-ring (bicyclic) bond motifs is 2. The molecule has 3 atom stereocenters. The molecule has 0 amide bonds. The van der Waals surface area contributed by atoms with E-state index < -0.39 is 24.0 Å². The standard InChI is InChI=1S/C32H46FN5O5/c1-2-32-22-41-26(39)19-17-15-13-11-9-7-5-3-4-6-8-10-12-14-16-18-20-27(40)42-24(32)21-25(43-32)38-23-35-28-29(34)36-31(33)37-30(28)38/h1,23-25H,3-22H2,(H2,34,36,37)/t24-,25+,32+/m0/s1. The van der Waals surface area contributed by atoms with Crippen LogP contribution >= 0.6 is 0 Å². The van der Waals surface area contributed by atoms with E-state index in [1.54, 1.807) is 0 Å². The van der Waals surface area contributed by atoms with Crippen molar-refractivity contribution in [2.45, 2.75) is 140 Å². The summed E-state index contributed by atoms with van der Waals surface area (Å²) < 4.78 is 33.2. The molecule has 2 aliphatic heterocycles. The fourth-order valence-electron chi connectivity index (χ4n) is 5.96. The van der Waals surface area contributed by atoms with Gasteiger partial charge in [-0.25, -0.2) is 4.98 Å². The van der Waals surface area contributed by atoms with Crippen LogP contribution in [0.2, 0.25) is 0 Å². The smallest absolute Gasteiger partial charge is 0.312 e. The van der Waals surface area contributed by atoms with Gasteiger partial charge in [-0.3, -0.25) is 14.2 Å². The lowest BCUT2D eigenvalue weighted by atomic mass is 9.98. The van der Waals surface area contributed by atoms with Gasteiger partial charge in [0.05, 0.1) is 6.33 Å². The molecule has 0 unspecified atom stereocenters. The van der Waals surface area contributed by atoms with E-state index in [1.807, 2.05) is 0 Å². The van der Waals surface area contributed by atoms with Crippen LogP contribution in [0, 0.1) is 18.4 Å². The summed E-state index contributed by atoms with van der Waals surface area (Å²) in [6, 6.07) is 0. The van der Waals surface area contributed by atoms with E-state index in [1.165, 1.54) is 75.1 Å². The number of cyclic esters (lactones) is 1. The fourth-order valence-corrected chi connectivity index (χ4v) is 5.96. The van der Waals surface area contributed by atoms with Crippen molar-refractivity contribution in [1.29, 1.82) is 0 Å². The van der Waals surface area contributed by atoms with Crippen LogP contribution in [0.3, 0.4) is 0 Å². The van der Waals surface area contributed by atoms with Gasteiger partial charge in [0.15, 0.2) is 17.0 Å². The number of nitrogen functional groups attached to an aromatic ring is 1. The lowest BCUT2D eigenvalue weighted by molar-refractivity contribution is -0.166. The summed E-state index contributed by atoms with van der Waals surface area (Å²) in [4.78, 5) is 37.1. The Kier molecular flexibility index (Phi) is 12.6. The summed E-state index contributed by atoms with van der Waals surface area (Å²) in [7, 11) is 0. The maximum absolute atomic E-state index is 14.0. The van der Waals surface area contributed by atoms with Gasteiger partial charge in [0.1, 0.15) is 18.9 Å². The average Bonchev–Trinajstić information content (AvgIpc) is 3.56. The molecule has 0 aliphatic carbocycles. The van der Waals surface area contributed by atoms with Crippen LogP contribution in [0.15, 0.2) is 6.33 Å². The highest BCUT2D eigenvalue weighted by Crippen LogP contribution is 2.40. The minimum absolute atomic E-state index is 0.109. The minimum Gasteiger partial charge on any atom is -0.461 e. The number of anilines is 1. The molecule has 43 heavy (non-hydrogen) atoms. The number of hydrogen-bond donors (Lipinski definition) is 1. The quantitative estimate of drug-likeness (QED) is 0.227. The number of nitrogens with two attached hydrogens (primary N) is 1. The predicted molar refractivity (Wildman–Crippen MR) is 160 cm³/mol. The molecule has 0 aromatic carbocycles. The summed E-state index contributed by atoms with van der Waals surface area (Å²) in [5.74, 6) is 1.73. The van der Waals surface area contributed by atoms with Gasteiger partial charge in [-0.05, 0) is 12.8 Å². The van der Waals surface area contributed by atoms with Crippen LogP contribution in [-0.4, -0.2) is 49.8 Å². The molecule has 0 spiro atoms. The second kappa shape index (κ2) is 16.6. The molecule has 2 N–H and O–H groups in total. The molecule has 4 rings (SSSR count). The largest absolute Gasteiger partial charge is 0.461 e. The van der Waals surface area contributed by atoms with Crippen molar-refractivity contribution >= 4 is 28.9 Å². The number of esters is 2. The van der Waals surface area contributed by atoms with E-state index in [0.29, 0.717) is 0 Å². The molecule has 2 fully saturated rings. The van der Waals surface area contributed by atoms with Gasteiger partial charge in [0.25, 0.3) is 0 Å². The van der Waals surface area contributed by atoms with Gasteiger partial charge >= 0.3 is 18.0 Å². The zero-order chi connectivity index (χ0) is 30.5. The first-order valence-electron chi connectivity index (χ1n) is 16.1. The number of terminal acetylenes is 1. The van der Waals surface area contributed by atoms with E-state index in [9.17, 15) is 14.0 Å². The molecule has 2 aromatic heterocycles. The van der Waals surface area contributed by atoms with Crippen molar-refractivity contribution in [3.63, 3.8) is 0 Å². The van der Waals surface area contributed by atoms with Gasteiger partial charge in [-0.15, -0.1) is 6.42 Å². The Bertz CT molecular complexity index is 1250. The molecule has 0 radical (unpaired) electrons. The summed E-state index contributed by atoms with van der Waals surface area (Å²) in [6.07, 6.45) is 23.5. The normalized spacial score (nSPS) is 26.8. The first kappa shape index (κ1) is 32.6. The zero-order valence-corrected chi connectivity index (χ0v) is 25.2. The van der Waals surface area contributed by atoms with Gasteiger partial charge in [0.2, 0.25) is 5.60 Å². The highest BCUT2D eigenvalue weighted by atomic mass is 19.1. The molecular weight excluding hydrogens is 553 g/mol. The molecule has 10 nitrogen and oxygen atoms in total. The van der Waals surface area contributed by atoms with Crippen molar-refractivity contribution in [3.05, 3.63) is 12.4 Å². The third kappa shape index (κ3) is 9.36. The number of carbonyl (C=O) groups is 2. The Labute approximate surface area is 253 Å². The van der Waals surface area contributed by atoms with E-state index in [4.69, 9.17) is 26.4 Å². The molecule has 11 heteroatoms. The third-order valence-electron chi connectivity index (χ3n) is 8.49. The minimum atomic E-state index is -1.53. The van der Waals surface area contributed by atoms with Crippen molar-refractivity contribution in [2.75, 3.05) is 12.3 Å². The van der Waals surface area contributed by atoms with Gasteiger partial charge < -0.3 is 19.9 Å². The molecule has 4 heterocycles. The number of rotatable bonds is 1. The number of halogens is 1. The Morgan fingerprint density at radius 2 is 1.40 bits per heavy atom. The highest BCUT2D eigenvalue weighted by Gasteiger charge is 2.52. The first-order chi connectivity index (χ1) is 20.9. The monoisotopic (exact) mass is 599 g/mol. The number of carbonyl (C=O) groups excluding carboxylic acids is 2. The van der Waals surface area contributed by atoms with Crippen LogP contribution in [0.4, 0.5) is 10.2 Å². The lowest BCUT2D eigenvalue weighted by Crippen LogP contribution is -2.45. The fraction of sp³-hybridized carbons (Fsp3) is 0.719. The Morgan fingerprint density at radius 1 is 0.860 bits per heavy atom. The summed E-state index contributed by atoms with van der Waals surface area (Å²) in [5, 5.41) is 0. The van der Waals surface area contributed by atoms with Crippen molar-refractivity contribution in [2.24, 2.45) is 0 Å². The topological polar surface area (TPSA) is 131 Å². The predicted octanol–water partition coefficient (Wildman–Crippen LogP) is 6.33.